The SMILES string of the molecule is COc1cc([C@@H]2Nc3c(ccc(C(=O)O)c3C)[C@H]3C=CC[C@H]32)cc(Br)c1OC. The molecule has 6 heteroatoms. The van der Waals surface area contributed by atoms with Gasteiger partial charge in [0.25, 0.3) is 0 Å². The first kappa shape index (κ1) is 18.9. The van der Waals surface area contributed by atoms with E-state index >= 15 is 0 Å². The molecule has 3 atom stereocenters. The van der Waals surface area contributed by atoms with E-state index in [1.54, 1.807) is 20.3 Å². The number of ether oxygens (including phenoxy) is 2. The smallest absolute Gasteiger partial charge is 0.336 e. The topological polar surface area (TPSA) is 67.8 Å². The number of carbonyl (C=O) groups is 1. The normalized spacial score (nSPS) is 22.2. The standard InChI is InChI=1S/C22H22BrNO4/c1-11-13(22(25)26)7-8-16-14-5-4-6-15(14)20(24-19(11)16)12-9-17(23)21(28-3)18(10-12)27-2/h4-5,7-10,14-15,20,24H,6H2,1-3H3,(H,25,26)/t14-,15+,20-/m0/s1. The maximum absolute atomic E-state index is 11.6. The minimum absolute atomic E-state index is 0.0337. The van der Waals surface area contributed by atoms with Crippen LogP contribution in [-0.2, 0) is 0 Å². The Kier molecular flexibility index (Phi) is 4.83. The van der Waals surface area contributed by atoms with Crippen LogP contribution < -0.4 is 14.8 Å². The molecule has 1 heterocycles. The number of rotatable bonds is 4. The molecule has 0 amide bonds. The third kappa shape index (κ3) is 2.87. The van der Waals surface area contributed by atoms with Crippen molar-refractivity contribution in [3.63, 3.8) is 0 Å². The van der Waals surface area contributed by atoms with Gasteiger partial charge in [0.2, 0.25) is 0 Å². The Balaban J connectivity index is 1.84. The molecule has 0 fully saturated rings. The van der Waals surface area contributed by atoms with Gasteiger partial charge in [-0.1, -0.05) is 18.2 Å². The summed E-state index contributed by atoms with van der Waals surface area (Å²) in [6.45, 7) is 1.87. The van der Waals surface area contributed by atoms with E-state index < -0.39 is 5.97 Å². The number of hydrogen-bond acceptors (Lipinski definition) is 4. The molecular weight excluding hydrogens is 422 g/mol. The Bertz CT molecular complexity index is 985. The van der Waals surface area contributed by atoms with Gasteiger partial charge in [-0.15, -0.1) is 0 Å². The molecule has 2 aromatic rings. The Hall–Kier alpha value is -2.47. The summed E-state index contributed by atoms with van der Waals surface area (Å²) in [5, 5.41) is 13.2. The number of methoxy groups -OCH3 is 2. The summed E-state index contributed by atoms with van der Waals surface area (Å²) in [6.07, 6.45) is 5.43. The summed E-state index contributed by atoms with van der Waals surface area (Å²) in [7, 11) is 3.24. The van der Waals surface area contributed by atoms with Crippen LogP contribution in [0.4, 0.5) is 5.69 Å². The van der Waals surface area contributed by atoms with Crippen molar-refractivity contribution < 1.29 is 19.4 Å². The molecule has 28 heavy (non-hydrogen) atoms. The zero-order valence-corrected chi connectivity index (χ0v) is 17.5. The minimum Gasteiger partial charge on any atom is -0.493 e. The summed E-state index contributed by atoms with van der Waals surface area (Å²) in [6, 6.07) is 7.75. The van der Waals surface area contributed by atoms with Gasteiger partial charge in [0, 0.05) is 11.6 Å². The van der Waals surface area contributed by atoms with Gasteiger partial charge in [-0.2, -0.15) is 0 Å². The molecule has 0 spiro atoms. The molecule has 1 aliphatic heterocycles. The summed E-state index contributed by atoms with van der Waals surface area (Å²) >= 11 is 3.59. The lowest BCUT2D eigenvalue weighted by molar-refractivity contribution is 0.0696. The predicted molar refractivity (Wildman–Crippen MR) is 112 cm³/mol. The van der Waals surface area contributed by atoms with Crippen molar-refractivity contribution >= 4 is 27.6 Å². The molecule has 0 aromatic heterocycles. The van der Waals surface area contributed by atoms with E-state index in [4.69, 9.17) is 9.47 Å². The van der Waals surface area contributed by atoms with Crippen LogP contribution in [0.1, 0.15) is 45.4 Å². The lowest BCUT2D eigenvalue weighted by Gasteiger charge is -2.38. The molecule has 0 saturated heterocycles. The fraction of sp³-hybridized carbons (Fsp3) is 0.318. The van der Waals surface area contributed by atoms with Crippen LogP contribution in [0.2, 0.25) is 0 Å². The van der Waals surface area contributed by atoms with E-state index in [0.717, 1.165) is 33.3 Å². The van der Waals surface area contributed by atoms with Gasteiger partial charge in [0.15, 0.2) is 11.5 Å². The molecule has 5 nitrogen and oxygen atoms in total. The maximum atomic E-state index is 11.6. The Morgan fingerprint density at radius 3 is 2.71 bits per heavy atom. The number of carboxylic acids is 1. The van der Waals surface area contributed by atoms with Crippen molar-refractivity contribution in [2.75, 3.05) is 19.5 Å². The number of nitrogens with one attached hydrogen (secondary N) is 1. The quantitative estimate of drug-likeness (QED) is 0.627. The molecule has 2 aromatic carbocycles. The lowest BCUT2D eigenvalue weighted by atomic mass is 9.76. The Labute approximate surface area is 172 Å². The highest BCUT2D eigenvalue weighted by Gasteiger charge is 2.39. The van der Waals surface area contributed by atoms with Crippen LogP contribution in [0.25, 0.3) is 0 Å². The number of aromatic carboxylic acids is 1. The third-order valence-electron chi connectivity index (χ3n) is 5.84. The fourth-order valence-electron chi connectivity index (χ4n) is 4.49. The zero-order chi connectivity index (χ0) is 20.0. The molecule has 1 aliphatic carbocycles. The van der Waals surface area contributed by atoms with Crippen molar-refractivity contribution in [1.82, 2.24) is 0 Å². The van der Waals surface area contributed by atoms with Crippen molar-refractivity contribution in [2.45, 2.75) is 25.3 Å². The highest BCUT2D eigenvalue weighted by Crippen LogP contribution is 2.52. The van der Waals surface area contributed by atoms with E-state index in [1.165, 1.54) is 0 Å². The van der Waals surface area contributed by atoms with Crippen LogP contribution in [-0.4, -0.2) is 25.3 Å². The van der Waals surface area contributed by atoms with Gasteiger partial charge in [-0.3, -0.25) is 0 Å². The molecule has 4 rings (SSSR count). The van der Waals surface area contributed by atoms with Gasteiger partial charge in [0.05, 0.1) is 30.3 Å². The number of hydrogen-bond donors (Lipinski definition) is 2. The zero-order valence-electron chi connectivity index (χ0n) is 16.0. The number of fused-ring (bicyclic) bond motifs is 3. The van der Waals surface area contributed by atoms with Crippen LogP contribution in [0.5, 0.6) is 11.5 Å². The molecule has 2 aliphatic rings. The molecule has 146 valence electrons. The molecule has 2 N–H and O–H groups in total. The second-order valence-corrected chi connectivity index (χ2v) is 8.08. The number of anilines is 1. The van der Waals surface area contributed by atoms with Crippen molar-refractivity contribution in [3.8, 4) is 11.5 Å². The highest BCUT2D eigenvalue weighted by atomic mass is 79.9. The first-order valence-corrected chi connectivity index (χ1v) is 9.97. The molecule has 0 bridgehead atoms. The Morgan fingerprint density at radius 2 is 2.04 bits per heavy atom. The number of benzene rings is 2. The Morgan fingerprint density at radius 1 is 1.25 bits per heavy atom. The van der Waals surface area contributed by atoms with E-state index in [1.807, 2.05) is 19.1 Å². The van der Waals surface area contributed by atoms with Crippen molar-refractivity contribution in [3.05, 3.63) is 63.1 Å². The van der Waals surface area contributed by atoms with Crippen molar-refractivity contribution in [2.24, 2.45) is 5.92 Å². The molecule has 0 saturated carbocycles. The van der Waals surface area contributed by atoms with E-state index in [-0.39, 0.29) is 12.0 Å². The largest absolute Gasteiger partial charge is 0.493 e. The van der Waals surface area contributed by atoms with Crippen LogP contribution in [0, 0.1) is 12.8 Å². The second-order valence-electron chi connectivity index (χ2n) is 7.22. The maximum Gasteiger partial charge on any atom is 0.336 e. The lowest BCUT2D eigenvalue weighted by Crippen LogP contribution is -2.30. The monoisotopic (exact) mass is 443 g/mol. The van der Waals surface area contributed by atoms with E-state index in [0.29, 0.717) is 23.0 Å². The number of allylic oxidation sites excluding steroid dienone is 2. The average molecular weight is 444 g/mol. The van der Waals surface area contributed by atoms with Crippen LogP contribution in [0.3, 0.4) is 0 Å². The van der Waals surface area contributed by atoms with Gasteiger partial charge in [0.1, 0.15) is 0 Å². The third-order valence-corrected chi connectivity index (χ3v) is 6.43. The molecule has 0 radical (unpaired) electrons. The van der Waals surface area contributed by atoms with Gasteiger partial charge < -0.3 is 19.9 Å². The van der Waals surface area contributed by atoms with Gasteiger partial charge >= 0.3 is 5.97 Å². The highest BCUT2D eigenvalue weighted by molar-refractivity contribution is 9.10. The van der Waals surface area contributed by atoms with Gasteiger partial charge in [-0.25, -0.2) is 4.79 Å². The van der Waals surface area contributed by atoms with Crippen molar-refractivity contribution in [1.29, 1.82) is 0 Å². The van der Waals surface area contributed by atoms with Crippen LogP contribution in [0.15, 0.2) is 40.9 Å². The number of carboxylic acid groups (broad SMARTS) is 1. The second kappa shape index (κ2) is 7.17. The first-order chi connectivity index (χ1) is 13.5. The summed E-state index contributed by atoms with van der Waals surface area (Å²) in [5.41, 5.74) is 4.27. The molecular formula is C22H22BrNO4. The first-order valence-electron chi connectivity index (χ1n) is 9.17. The van der Waals surface area contributed by atoms with E-state index in [2.05, 4.69) is 39.5 Å². The molecule has 0 unspecified atom stereocenters. The predicted octanol–water partition coefficient (Wildman–Crippen LogP) is 5.30. The summed E-state index contributed by atoms with van der Waals surface area (Å²) in [5.74, 6) is 1.03. The number of halogens is 1. The summed E-state index contributed by atoms with van der Waals surface area (Å²) in [4.78, 5) is 11.6. The van der Waals surface area contributed by atoms with Gasteiger partial charge in [-0.05, 0) is 70.1 Å². The fourth-order valence-corrected chi connectivity index (χ4v) is 5.12. The average Bonchev–Trinajstić information content (AvgIpc) is 3.16. The van der Waals surface area contributed by atoms with Crippen LogP contribution >= 0.6 is 15.9 Å². The summed E-state index contributed by atoms with van der Waals surface area (Å²) < 4.78 is 11.8. The van der Waals surface area contributed by atoms with E-state index in [9.17, 15) is 9.90 Å². The minimum atomic E-state index is -0.906.